The maximum absolute atomic E-state index is 12.7. The first-order valence-corrected chi connectivity index (χ1v) is 12.5. The highest BCUT2D eigenvalue weighted by Gasteiger charge is 2.57. The molecule has 4 atom stereocenters. The van der Waals surface area contributed by atoms with Gasteiger partial charge in [0.05, 0.1) is 0 Å². The molecule has 0 aliphatic carbocycles. The summed E-state index contributed by atoms with van der Waals surface area (Å²) < 4.78 is 0.693. The van der Waals surface area contributed by atoms with Crippen LogP contribution in [0.4, 0.5) is 4.79 Å². The van der Waals surface area contributed by atoms with Crippen molar-refractivity contribution < 1.29 is 24.6 Å². The number of nitrogens with zero attached hydrogens (tertiary/aromatic N) is 3. The summed E-state index contributed by atoms with van der Waals surface area (Å²) in [6, 6.07) is 7.18. The Morgan fingerprint density at radius 3 is 2.75 bits per heavy atom. The van der Waals surface area contributed by atoms with E-state index in [1.165, 1.54) is 39.8 Å². The van der Waals surface area contributed by atoms with Crippen LogP contribution in [0.15, 0.2) is 34.7 Å². The van der Waals surface area contributed by atoms with Crippen LogP contribution in [0, 0.1) is 12.3 Å². The number of aryl methyl sites for hydroxylation is 1. The summed E-state index contributed by atoms with van der Waals surface area (Å²) in [6.07, 6.45) is -1.21. The first kappa shape index (κ1) is 22.8. The van der Waals surface area contributed by atoms with Crippen molar-refractivity contribution in [2.75, 3.05) is 18.1 Å². The van der Waals surface area contributed by atoms with Gasteiger partial charge >= 0.3 is 12.0 Å². The van der Waals surface area contributed by atoms with Crippen molar-refractivity contribution in [2.45, 2.75) is 28.9 Å². The Balaban J connectivity index is 1.34. The summed E-state index contributed by atoms with van der Waals surface area (Å²) in [7, 11) is 0. The second kappa shape index (κ2) is 9.25. The number of benzene rings is 1. The van der Waals surface area contributed by atoms with Crippen LogP contribution in [-0.2, 0) is 9.59 Å². The number of hydrogen-bond donors (Lipinski definition) is 4. The number of aliphatic carboxylic acids is 1. The molecular formula is C19H21N5O5S3. The lowest BCUT2D eigenvalue weighted by molar-refractivity contribution is -0.156. The standard InChI is InChI=1S/C19H21N5O5S3/c1-10-22-23-18(32-10)31-9-19(16(27)28)7-24-14(26)12(15(24)30-8-19)20-17(29)21-13(25)11-5-3-2-4-6-11/h2-6,12-13,15,25H,7-9H2,1H3,(H,27,28)(H2,20,21,29)/t12?,13?,15-,19?/m1/s1. The van der Waals surface area contributed by atoms with Gasteiger partial charge in [-0.05, 0) is 6.92 Å². The molecule has 0 bridgehead atoms. The van der Waals surface area contributed by atoms with E-state index < -0.39 is 29.7 Å². The van der Waals surface area contributed by atoms with Crippen molar-refractivity contribution >= 4 is 52.8 Å². The number of β-lactam (4-membered cyclic amide) rings is 1. The zero-order chi connectivity index (χ0) is 22.9. The van der Waals surface area contributed by atoms with E-state index in [0.717, 1.165) is 5.01 Å². The molecule has 0 spiro atoms. The van der Waals surface area contributed by atoms with Crippen LogP contribution in [0.3, 0.4) is 0 Å². The molecule has 0 saturated carbocycles. The maximum atomic E-state index is 12.7. The topological polar surface area (TPSA) is 145 Å². The molecule has 0 radical (unpaired) electrons. The zero-order valence-corrected chi connectivity index (χ0v) is 19.4. The van der Waals surface area contributed by atoms with Gasteiger partial charge in [-0.15, -0.1) is 22.0 Å². The fourth-order valence-corrected chi connectivity index (χ4v) is 7.14. The number of urea groups is 1. The van der Waals surface area contributed by atoms with Gasteiger partial charge in [0.1, 0.15) is 21.8 Å². The van der Waals surface area contributed by atoms with E-state index in [0.29, 0.717) is 15.7 Å². The zero-order valence-electron chi connectivity index (χ0n) is 16.9. The molecular weight excluding hydrogens is 474 g/mol. The summed E-state index contributed by atoms with van der Waals surface area (Å²) >= 11 is 4.05. The van der Waals surface area contributed by atoms with E-state index in [1.54, 1.807) is 30.3 Å². The van der Waals surface area contributed by atoms with Crippen molar-refractivity contribution in [1.29, 1.82) is 0 Å². The van der Waals surface area contributed by atoms with Crippen molar-refractivity contribution in [3.8, 4) is 0 Å². The molecule has 1 aromatic carbocycles. The molecule has 1 aromatic heterocycles. The highest BCUT2D eigenvalue weighted by Crippen LogP contribution is 2.44. The molecule has 10 nitrogen and oxygen atoms in total. The van der Waals surface area contributed by atoms with Crippen LogP contribution in [-0.4, -0.2) is 72.7 Å². The lowest BCUT2D eigenvalue weighted by Crippen LogP contribution is -2.74. The summed E-state index contributed by atoms with van der Waals surface area (Å²) in [4.78, 5) is 38.5. The van der Waals surface area contributed by atoms with Crippen molar-refractivity contribution in [1.82, 2.24) is 25.7 Å². The molecule has 2 aliphatic heterocycles. The monoisotopic (exact) mass is 495 g/mol. The van der Waals surface area contributed by atoms with E-state index in [4.69, 9.17) is 0 Å². The van der Waals surface area contributed by atoms with Crippen molar-refractivity contribution in [2.24, 2.45) is 5.41 Å². The second-order valence-electron chi connectivity index (χ2n) is 7.54. The minimum atomic E-state index is -1.21. The number of carbonyl (C=O) groups excluding carboxylic acids is 2. The van der Waals surface area contributed by atoms with E-state index >= 15 is 0 Å². The number of amides is 3. The SMILES string of the molecule is Cc1nnc(SCC2(C(=O)O)CS[C@@H]3C(NC(=O)NC(O)c4ccccc4)C(=O)N3C2)s1. The number of hydrogen-bond acceptors (Lipinski definition) is 9. The van der Waals surface area contributed by atoms with Gasteiger partial charge in [0, 0.05) is 23.6 Å². The molecule has 2 aliphatic rings. The van der Waals surface area contributed by atoms with Crippen LogP contribution in [0.2, 0.25) is 0 Å². The van der Waals surface area contributed by atoms with Crippen LogP contribution >= 0.6 is 34.9 Å². The van der Waals surface area contributed by atoms with E-state index in [2.05, 4.69) is 20.8 Å². The highest BCUT2D eigenvalue weighted by atomic mass is 32.2. The van der Waals surface area contributed by atoms with Gasteiger partial charge in [0.15, 0.2) is 10.6 Å². The predicted octanol–water partition coefficient (Wildman–Crippen LogP) is 1.28. The highest BCUT2D eigenvalue weighted by molar-refractivity contribution is 8.01. The fraction of sp³-hybridized carbons (Fsp3) is 0.421. The van der Waals surface area contributed by atoms with Gasteiger partial charge in [-0.2, -0.15) is 0 Å². The van der Waals surface area contributed by atoms with Gasteiger partial charge in [0.2, 0.25) is 5.91 Å². The predicted molar refractivity (Wildman–Crippen MR) is 120 cm³/mol. The number of aromatic nitrogens is 2. The lowest BCUT2D eigenvalue weighted by Gasteiger charge is -2.53. The number of aliphatic hydroxyl groups is 1. The molecule has 32 heavy (non-hydrogen) atoms. The first-order valence-electron chi connectivity index (χ1n) is 9.67. The fourth-order valence-electron chi connectivity index (χ4n) is 3.47. The van der Waals surface area contributed by atoms with Gasteiger partial charge < -0.3 is 25.7 Å². The third-order valence-electron chi connectivity index (χ3n) is 5.25. The average Bonchev–Trinajstić information content (AvgIpc) is 3.21. The van der Waals surface area contributed by atoms with Gasteiger partial charge in [-0.25, -0.2) is 4.79 Å². The van der Waals surface area contributed by atoms with Crippen molar-refractivity contribution in [3.05, 3.63) is 40.9 Å². The number of thioether (sulfide) groups is 2. The number of nitrogens with one attached hydrogen (secondary N) is 2. The molecule has 2 fully saturated rings. The number of fused-ring (bicyclic) bond motifs is 1. The molecule has 170 valence electrons. The van der Waals surface area contributed by atoms with E-state index in [9.17, 15) is 24.6 Å². The summed E-state index contributed by atoms with van der Waals surface area (Å²) in [5.41, 5.74) is -0.594. The third kappa shape index (κ3) is 4.56. The number of carbonyl (C=O) groups is 3. The van der Waals surface area contributed by atoms with Gasteiger partial charge in [-0.3, -0.25) is 9.59 Å². The molecule has 4 N–H and O–H groups in total. The summed E-state index contributed by atoms with van der Waals surface area (Å²) in [5, 5.41) is 33.4. The summed E-state index contributed by atoms with van der Waals surface area (Å²) in [5.74, 6) is -0.741. The second-order valence-corrected chi connectivity index (χ2v) is 11.0. The normalized spacial score (nSPS) is 25.4. The molecule has 13 heteroatoms. The van der Waals surface area contributed by atoms with E-state index in [-0.39, 0.29) is 23.6 Å². The minimum Gasteiger partial charge on any atom is -0.481 e. The Hall–Kier alpha value is -2.35. The van der Waals surface area contributed by atoms with Crippen LogP contribution in [0.1, 0.15) is 16.8 Å². The van der Waals surface area contributed by atoms with Gasteiger partial charge in [-0.1, -0.05) is 53.4 Å². The van der Waals surface area contributed by atoms with E-state index in [1.807, 2.05) is 6.92 Å². The van der Waals surface area contributed by atoms with Crippen molar-refractivity contribution in [3.63, 3.8) is 0 Å². The average molecular weight is 496 g/mol. The molecule has 2 saturated heterocycles. The van der Waals surface area contributed by atoms with Crippen LogP contribution in [0.5, 0.6) is 0 Å². The Kier molecular flexibility index (Phi) is 6.60. The Morgan fingerprint density at radius 2 is 2.09 bits per heavy atom. The lowest BCUT2D eigenvalue weighted by atomic mass is 9.89. The van der Waals surface area contributed by atoms with Gasteiger partial charge in [0.25, 0.3) is 0 Å². The smallest absolute Gasteiger partial charge is 0.317 e. The number of aliphatic hydroxyl groups excluding tert-OH is 1. The molecule has 3 unspecified atom stereocenters. The molecule has 2 aromatic rings. The number of carboxylic acids is 1. The quantitative estimate of drug-likeness (QED) is 0.254. The Labute approximate surface area is 196 Å². The van der Waals surface area contributed by atoms with Crippen LogP contribution in [0.25, 0.3) is 0 Å². The number of rotatable bonds is 7. The Bertz CT molecular complexity index is 1020. The maximum Gasteiger partial charge on any atom is 0.317 e. The minimum absolute atomic E-state index is 0.0655. The summed E-state index contributed by atoms with van der Waals surface area (Å²) in [6.45, 7) is 1.90. The first-order chi connectivity index (χ1) is 15.3. The Morgan fingerprint density at radius 1 is 1.34 bits per heavy atom. The molecule has 3 amide bonds. The molecule has 4 rings (SSSR count). The largest absolute Gasteiger partial charge is 0.481 e. The number of carboxylic acid groups (broad SMARTS) is 1. The molecule has 3 heterocycles. The van der Waals surface area contributed by atoms with Crippen LogP contribution < -0.4 is 10.6 Å². The third-order valence-corrected chi connectivity index (χ3v) is 9.10.